The number of aryl methyl sites for hydroxylation is 1. The molecule has 0 saturated heterocycles. The first-order valence-electron chi connectivity index (χ1n) is 9.54. The van der Waals surface area contributed by atoms with E-state index in [4.69, 9.17) is 0 Å². The van der Waals surface area contributed by atoms with Crippen molar-refractivity contribution in [3.63, 3.8) is 0 Å². The minimum absolute atomic E-state index is 0.381. The fourth-order valence-corrected chi connectivity index (χ4v) is 3.04. The normalized spacial score (nSPS) is 10.8. The van der Waals surface area contributed by atoms with Crippen LogP contribution in [0.3, 0.4) is 0 Å². The SMILES string of the molecule is O=CCCCCCCCCCCCCCCc1cccc(O)c1. The lowest BCUT2D eigenvalue weighted by atomic mass is 10.0. The van der Waals surface area contributed by atoms with E-state index < -0.39 is 0 Å². The highest BCUT2D eigenvalue weighted by molar-refractivity contribution is 5.48. The van der Waals surface area contributed by atoms with Gasteiger partial charge in [-0.15, -0.1) is 0 Å². The van der Waals surface area contributed by atoms with Gasteiger partial charge in [-0.25, -0.2) is 0 Å². The second-order valence-electron chi connectivity index (χ2n) is 6.62. The molecule has 0 fully saturated rings. The standard InChI is InChI=1S/C21H34O2/c22-18-13-11-9-7-5-3-1-2-4-6-8-10-12-15-20-16-14-17-21(23)19-20/h14,16-19,23H,1-13,15H2. The van der Waals surface area contributed by atoms with Crippen LogP contribution in [-0.4, -0.2) is 11.4 Å². The van der Waals surface area contributed by atoms with E-state index >= 15 is 0 Å². The predicted octanol–water partition coefficient (Wildman–Crippen LogP) is 6.20. The van der Waals surface area contributed by atoms with Gasteiger partial charge in [-0.2, -0.15) is 0 Å². The topological polar surface area (TPSA) is 37.3 Å². The zero-order chi connectivity index (χ0) is 16.6. The van der Waals surface area contributed by atoms with E-state index in [9.17, 15) is 9.90 Å². The molecular weight excluding hydrogens is 284 g/mol. The molecule has 1 aromatic carbocycles. The molecule has 0 radical (unpaired) electrons. The Morgan fingerprint density at radius 1 is 0.739 bits per heavy atom. The maximum Gasteiger partial charge on any atom is 0.119 e. The smallest absolute Gasteiger partial charge is 0.119 e. The Morgan fingerprint density at radius 3 is 1.78 bits per heavy atom. The molecular formula is C21H34O2. The Bertz CT molecular complexity index is 401. The quantitative estimate of drug-likeness (QED) is 0.308. The molecule has 0 bridgehead atoms. The number of carbonyl (C=O) groups excluding carboxylic acids is 1. The predicted molar refractivity (Wildman–Crippen MR) is 97.9 cm³/mol. The molecule has 2 heteroatoms. The van der Waals surface area contributed by atoms with Crippen molar-refractivity contribution in [2.75, 3.05) is 0 Å². The summed E-state index contributed by atoms with van der Waals surface area (Å²) in [4.78, 5) is 10.2. The first-order chi connectivity index (χ1) is 11.3. The van der Waals surface area contributed by atoms with E-state index in [-0.39, 0.29) is 0 Å². The number of aldehydes is 1. The molecule has 23 heavy (non-hydrogen) atoms. The number of aromatic hydroxyl groups is 1. The molecule has 0 heterocycles. The van der Waals surface area contributed by atoms with Gasteiger partial charge in [0.1, 0.15) is 12.0 Å². The Kier molecular flexibility index (Phi) is 12.3. The number of rotatable bonds is 15. The number of phenolic OH excluding ortho intramolecular Hbond substituents is 1. The van der Waals surface area contributed by atoms with Crippen molar-refractivity contribution in [3.8, 4) is 5.75 Å². The van der Waals surface area contributed by atoms with Crippen LogP contribution >= 0.6 is 0 Å². The maximum absolute atomic E-state index is 10.2. The molecule has 0 aromatic heterocycles. The fraction of sp³-hybridized carbons (Fsp3) is 0.667. The Hall–Kier alpha value is -1.31. The van der Waals surface area contributed by atoms with Gasteiger partial charge in [-0.05, 0) is 37.0 Å². The van der Waals surface area contributed by atoms with Gasteiger partial charge in [-0.1, -0.05) is 76.3 Å². The fourth-order valence-electron chi connectivity index (χ4n) is 3.04. The summed E-state index contributed by atoms with van der Waals surface area (Å²) < 4.78 is 0. The average Bonchev–Trinajstić information content (AvgIpc) is 2.55. The number of hydrogen-bond acceptors (Lipinski definition) is 2. The number of carbonyl (C=O) groups is 1. The first-order valence-corrected chi connectivity index (χ1v) is 9.54. The lowest BCUT2D eigenvalue weighted by molar-refractivity contribution is -0.107. The Morgan fingerprint density at radius 2 is 1.26 bits per heavy atom. The molecule has 0 aliphatic carbocycles. The van der Waals surface area contributed by atoms with Crippen molar-refractivity contribution in [2.24, 2.45) is 0 Å². The summed E-state index contributed by atoms with van der Waals surface area (Å²) in [6, 6.07) is 7.62. The zero-order valence-electron chi connectivity index (χ0n) is 14.6. The highest BCUT2D eigenvalue weighted by Gasteiger charge is 1.96. The molecule has 0 saturated carbocycles. The van der Waals surface area contributed by atoms with Crippen LogP contribution in [0.1, 0.15) is 89.0 Å². The van der Waals surface area contributed by atoms with Gasteiger partial charge in [0.2, 0.25) is 0 Å². The molecule has 0 spiro atoms. The summed E-state index contributed by atoms with van der Waals surface area (Å²) in [5, 5.41) is 9.41. The van der Waals surface area contributed by atoms with Crippen LogP contribution in [0.2, 0.25) is 0 Å². The van der Waals surface area contributed by atoms with Crippen LogP contribution in [0, 0.1) is 0 Å². The van der Waals surface area contributed by atoms with Crippen molar-refractivity contribution in [3.05, 3.63) is 29.8 Å². The van der Waals surface area contributed by atoms with Gasteiger partial charge >= 0.3 is 0 Å². The van der Waals surface area contributed by atoms with Crippen molar-refractivity contribution < 1.29 is 9.90 Å². The first kappa shape index (κ1) is 19.7. The largest absolute Gasteiger partial charge is 0.508 e. The zero-order valence-corrected chi connectivity index (χ0v) is 14.6. The van der Waals surface area contributed by atoms with E-state index in [0.717, 1.165) is 25.5 Å². The van der Waals surface area contributed by atoms with Gasteiger partial charge in [0.15, 0.2) is 0 Å². The second kappa shape index (κ2) is 14.3. The molecule has 0 aliphatic heterocycles. The third-order valence-corrected chi connectivity index (χ3v) is 4.45. The number of phenols is 1. The lowest BCUT2D eigenvalue weighted by Gasteiger charge is -2.04. The van der Waals surface area contributed by atoms with Crippen LogP contribution in [0.5, 0.6) is 5.75 Å². The number of benzene rings is 1. The van der Waals surface area contributed by atoms with Crippen LogP contribution in [-0.2, 0) is 11.2 Å². The van der Waals surface area contributed by atoms with Gasteiger partial charge in [0.25, 0.3) is 0 Å². The number of hydrogen-bond donors (Lipinski definition) is 1. The molecule has 1 rings (SSSR count). The van der Waals surface area contributed by atoms with Gasteiger partial charge in [0, 0.05) is 6.42 Å². The number of unbranched alkanes of at least 4 members (excludes halogenated alkanes) is 12. The third kappa shape index (κ3) is 11.9. The Balaban J connectivity index is 1.79. The van der Waals surface area contributed by atoms with E-state index in [2.05, 4.69) is 6.07 Å². The van der Waals surface area contributed by atoms with Crippen LogP contribution in [0.25, 0.3) is 0 Å². The monoisotopic (exact) mass is 318 g/mol. The molecule has 0 amide bonds. The van der Waals surface area contributed by atoms with E-state index in [0.29, 0.717) is 5.75 Å². The minimum atomic E-state index is 0.381. The molecule has 0 atom stereocenters. The van der Waals surface area contributed by atoms with Crippen molar-refractivity contribution in [1.82, 2.24) is 0 Å². The van der Waals surface area contributed by atoms with Gasteiger partial charge in [0.05, 0.1) is 0 Å². The maximum atomic E-state index is 10.2. The van der Waals surface area contributed by atoms with E-state index in [1.165, 1.54) is 76.2 Å². The minimum Gasteiger partial charge on any atom is -0.508 e. The molecule has 1 aromatic rings. The molecule has 0 aliphatic rings. The Labute approximate surface area is 142 Å². The summed E-state index contributed by atoms with van der Waals surface area (Å²) in [6.45, 7) is 0. The lowest BCUT2D eigenvalue weighted by Crippen LogP contribution is -1.86. The van der Waals surface area contributed by atoms with Crippen LogP contribution in [0.15, 0.2) is 24.3 Å². The van der Waals surface area contributed by atoms with Gasteiger partial charge < -0.3 is 9.90 Å². The van der Waals surface area contributed by atoms with Crippen LogP contribution < -0.4 is 0 Å². The van der Waals surface area contributed by atoms with Crippen molar-refractivity contribution >= 4 is 6.29 Å². The van der Waals surface area contributed by atoms with Crippen LogP contribution in [0.4, 0.5) is 0 Å². The summed E-state index contributed by atoms with van der Waals surface area (Å²) in [6.07, 6.45) is 18.5. The van der Waals surface area contributed by atoms with Gasteiger partial charge in [-0.3, -0.25) is 0 Å². The highest BCUT2D eigenvalue weighted by atomic mass is 16.3. The van der Waals surface area contributed by atoms with E-state index in [1.54, 1.807) is 6.07 Å². The third-order valence-electron chi connectivity index (χ3n) is 4.45. The highest BCUT2D eigenvalue weighted by Crippen LogP contribution is 2.15. The molecule has 2 nitrogen and oxygen atoms in total. The summed E-state index contributed by atoms with van der Waals surface area (Å²) in [7, 11) is 0. The molecule has 0 unspecified atom stereocenters. The van der Waals surface area contributed by atoms with Crippen molar-refractivity contribution in [1.29, 1.82) is 0 Å². The summed E-state index contributed by atoms with van der Waals surface area (Å²) in [5.41, 5.74) is 1.25. The van der Waals surface area contributed by atoms with Crippen molar-refractivity contribution in [2.45, 2.75) is 89.9 Å². The summed E-state index contributed by atoms with van der Waals surface area (Å²) >= 11 is 0. The molecule has 1 N–H and O–H groups in total. The van der Waals surface area contributed by atoms with E-state index in [1.807, 2.05) is 12.1 Å². The molecule has 130 valence electrons. The second-order valence-corrected chi connectivity index (χ2v) is 6.62. The average molecular weight is 319 g/mol. The summed E-state index contributed by atoms with van der Waals surface area (Å²) in [5.74, 6) is 0.381.